The molecule has 0 heterocycles. The molecule has 2 nitrogen and oxygen atoms in total. The normalized spacial score (nSPS) is 12.6. The van der Waals surface area contributed by atoms with E-state index >= 15 is 0 Å². The largest absolute Gasteiger partial charge is 0.329 e. The van der Waals surface area contributed by atoms with Crippen molar-refractivity contribution in [2.45, 2.75) is 25.4 Å². The van der Waals surface area contributed by atoms with Crippen LogP contribution in [0.5, 0.6) is 0 Å². The zero-order valence-electron chi connectivity index (χ0n) is 12.5. The minimum atomic E-state index is 0.362. The van der Waals surface area contributed by atoms with Gasteiger partial charge in [-0.1, -0.05) is 60.1 Å². The maximum atomic E-state index is 6.23. The molecule has 0 aliphatic carbocycles. The van der Waals surface area contributed by atoms with E-state index < -0.39 is 0 Å². The van der Waals surface area contributed by atoms with Crippen LogP contribution in [0.2, 0.25) is 5.02 Å². The van der Waals surface area contributed by atoms with Crippen molar-refractivity contribution in [3.8, 4) is 0 Å². The predicted octanol–water partition coefficient (Wildman–Crippen LogP) is 3.73. The van der Waals surface area contributed by atoms with E-state index in [4.69, 9.17) is 17.3 Å². The smallest absolute Gasteiger partial charge is 0.0451 e. The summed E-state index contributed by atoms with van der Waals surface area (Å²) in [4.78, 5) is 2.30. The number of likely N-dealkylation sites (N-methyl/N-ethyl adjacent to an activating group) is 1. The second-order valence-corrected chi connectivity index (χ2v) is 5.83. The zero-order chi connectivity index (χ0) is 15.1. The lowest BCUT2D eigenvalue weighted by Gasteiger charge is -2.27. The molecule has 0 amide bonds. The van der Waals surface area contributed by atoms with E-state index in [1.807, 2.05) is 24.3 Å². The van der Waals surface area contributed by atoms with Crippen LogP contribution in [0.15, 0.2) is 54.6 Å². The summed E-state index contributed by atoms with van der Waals surface area (Å²) in [5.74, 6) is 0. The van der Waals surface area contributed by atoms with Crippen LogP contribution in [0, 0.1) is 0 Å². The van der Waals surface area contributed by atoms with Crippen LogP contribution < -0.4 is 5.73 Å². The zero-order valence-corrected chi connectivity index (χ0v) is 13.3. The number of aryl methyl sites for hydroxylation is 1. The fourth-order valence-corrected chi connectivity index (χ4v) is 2.72. The van der Waals surface area contributed by atoms with E-state index in [9.17, 15) is 0 Å². The summed E-state index contributed by atoms with van der Waals surface area (Å²) in [5, 5.41) is 0.822. The van der Waals surface area contributed by atoms with Crippen LogP contribution in [-0.4, -0.2) is 24.5 Å². The van der Waals surface area contributed by atoms with Gasteiger partial charge in [0.05, 0.1) is 0 Å². The average Bonchev–Trinajstić information content (AvgIpc) is 2.51. The van der Waals surface area contributed by atoms with Crippen LogP contribution in [0.25, 0.3) is 0 Å². The van der Waals surface area contributed by atoms with Crippen molar-refractivity contribution in [3.05, 3.63) is 70.7 Å². The van der Waals surface area contributed by atoms with Crippen molar-refractivity contribution in [1.29, 1.82) is 0 Å². The fraction of sp³-hybridized carbons (Fsp3) is 0.333. The summed E-state index contributed by atoms with van der Waals surface area (Å²) in [6.07, 6.45) is 2.11. The van der Waals surface area contributed by atoms with Gasteiger partial charge in [0.1, 0.15) is 0 Å². The predicted molar refractivity (Wildman–Crippen MR) is 90.5 cm³/mol. The van der Waals surface area contributed by atoms with Gasteiger partial charge < -0.3 is 5.73 Å². The quantitative estimate of drug-likeness (QED) is 0.844. The summed E-state index contributed by atoms with van der Waals surface area (Å²) in [6, 6.07) is 18.9. The highest BCUT2D eigenvalue weighted by molar-refractivity contribution is 6.31. The second-order valence-electron chi connectivity index (χ2n) is 5.42. The topological polar surface area (TPSA) is 29.3 Å². The summed E-state index contributed by atoms with van der Waals surface area (Å²) >= 11 is 6.23. The molecule has 2 N–H and O–H groups in total. The summed E-state index contributed by atoms with van der Waals surface area (Å²) in [7, 11) is 2.12. The molecular formula is C18H23ClN2. The molecule has 2 aromatic rings. The molecule has 2 rings (SSSR count). The Morgan fingerprint density at radius 3 is 2.38 bits per heavy atom. The molecule has 0 saturated heterocycles. The van der Waals surface area contributed by atoms with E-state index in [-0.39, 0.29) is 0 Å². The molecule has 0 radical (unpaired) electrons. The SMILES string of the molecule is CN(Cc1ccccc1Cl)C(CN)CCc1ccccc1. The first-order valence-corrected chi connectivity index (χ1v) is 7.76. The molecule has 0 aromatic heterocycles. The minimum Gasteiger partial charge on any atom is -0.329 e. The Labute approximate surface area is 132 Å². The third-order valence-corrected chi connectivity index (χ3v) is 4.25. The molecule has 0 fully saturated rings. The van der Waals surface area contributed by atoms with Crippen molar-refractivity contribution in [2.75, 3.05) is 13.6 Å². The molecule has 0 aliphatic rings. The molecule has 21 heavy (non-hydrogen) atoms. The van der Waals surface area contributed by atoms with E-state index in [1.54, 1.807) is 0 Å². The number of nitrogens with two attached hydrogens (primary N) is 1. The van der Waals surface area contributed by atoms with E-state index in [2.05, 4.69) is 42.3 Å². The number of hydrogen-bond donors (Lipinski definition) is 1. The second kappa shape index (κ2) is 8.18. The molecule has 1 atom stereocenters. The molecule has 0 bridgehead atoms. The van der Waals surface area contributed by atoms with Gasteiger partial charge in [0.25, 0.3) is 0 Å². The van der Waals surface area contributed by atoms with Crippen molar-refractivity contribution in [2.24, 2.45) is 5.73 Å². The Balaban J connectivity index is 1.92. The van der Waals surface area contributed by atoms with Gasteiger partial charge >= 0.3 is 0 Å². The number of nitrogens with zero attached hydrogens (tertiary/aromatic N) is 1. The van der Waals surface area contributed by atoms with Gasteiger partial charge in [0, 0.05) is 24.2 Å². The van der Waals surface area contributed by atoms with Crippen molar-refractivity contribution < 1.29 is 0 Å². The number of halogens is 1. The van der Waals surface area contributed by atoms with Crippen molar-refractivity contribution in [1.82, 2.24) is 4.90 Å². The lowest BCUT2D eigenvalue weighted by atomic mass is 10.0. The van der Waals surface area contributed by atoms with Gasteiger partial charge in [-0.05, 0) is 37.1 Å². The van der Waals surface area contributed by atoms with Gasteiger partial charge in [0.2, 0.25) is 0 Å². The summed E-state index contributed by atoms with van der Waals surface area (Å²) in [6.45, 7) is 1.49. The fourth-order valence-electron chi connectivity index (χ4n) is 2.52. The molecule has 2 aromatic carbocycles. The maximum absolute atomic E-state index is 6.23. The lowest BCUT2D eigenvalue weighted by Crippen LogP contribution is -2.37. The van der Waals surface area contributed by atoms with E-state index in [0.29, 0.717) is 12.6 Å². The highest BCUT2D eigenvalue weighted by Crippen LogP contribution is 2.18. The third-order valence-electron chi connectivity index (χ3n) is 3.88. The Hall–Kier alpha value is -1.35. The molecule has 112 valence electrons. The number of hydrogen-bond acceptors (Lipinski definition) is 2. The third kappa shape index (κ3) is 4.85. The lowest BCUT2D eigenvalue weighted by molar-refractivity contribution is 0.227. The first-order valence-electron chi connectivity index (χ1n) is 7.38. The molecule has 1 unspecified atom stereocenters. The van der Waals surface area contributed by atoms with E-state index in [1.165, 1.54) is 5.56 Å². The van der Waals surface area contributed by atoms with Gasteiger partial charge in [-0.15, -0.1) is 0 Å². The van der Waals surface area contributed by atoms with Gasteiger partial charge in [0.15, 0.2) is 0 Å². The van der Waals surface area contributed by atoms with Crippen molar-refractivity contribution in [3.63, 3.8) is 0 Å². The highest BCUT2D eigenvalue weighted by Gasteiger charge is 2.14. The minimum absolute atomic E-state index is 0.362. The monoisotopic (exact) mass is 302 g/mol. The highest BCUT2D eigenvalue weighted by atomic mass is 35.5. The Bertz CT molecular complexity index is 542. The summed E-state index contributed by atoms with van der Waals surface area (Å²) < 4.78 is 0. The molecule has 3 heteroatoms. The van der Waals surface area contributed by atoms with Gasteiger partial charge in [-0.3, -0.25) is 4.90 Å². The standard InChI is InChI=1S/C18H23ClN2/c1-21(14-16-9-5-6-10-18(16)19)17(13-20)12-11-15-7-3-2-4-8-15/h2-10,17H,11-14,20H2,1H3. The van der Waals surface area contributed by atoms with Crippen LogP contribution in [0.1, 0.15) is 17.5 Å². The molecule has 0 spiro atoms. The van der Waals surface area contributed by atoms with Gasteiger partial charge in [-0.2, -0.15) is 0 Å². The Kier molecular flexibility index (Phi) is 6.24. The van der Waals surface area contributed by atoms with Gasteiger partial charge in [-0.25, -0.2) is 0 Å². The van der Waals surface area contributed by atoms with Crippen molar-refractivity contribution >= 4 is 11.6 Å². The maximum Gasteiger partial charge on any atom is 0.0451 e. The Morgan fingerprint density at radius 2 is 1.71 bits per heavy atom. The van der Waals surface area contributed by atoms with Crippen LogP contribution in [-0.2, 0) is 13.0 Å². The first kappa shape index (κ1) is 16.0. The van der Waals surface area contributed by atoms with E-state index in [0.717, 1.165) is 30.0 Å². The van der Waals surface area contributed by atoms with Crippen LogP contribution >= 0.6 is 11.6 Å². The molecular weight excluding hydrogens is 280 g/mol. The summed E-state index contributed by atoms with van der Waals surface area (Å²) in [5.41, 5.74) is 8.47. The van der Waals surface area contributed by atoms with Crippen LogP contribution in [0.4, 0.5) is 0 Å². The number of benzene rings is 2. The molecule has 0 aliphatic heterocycles. The van der Waals surface area contributed by atoms with Crippen LogP contribution in [0.3, 0.4) is 0 Å². The average molecular weight is 303 g/mol. The Morgan fingerprint density at radius 1 is 1.05 bits per heavy atom. The molecule has 0 saturated carbocycles. The number of rotatable bonds is 7. The first-order chi connectivity index (χ1) is 10.2.